The van der Waals surface area contributed by atoms with E-state index in [4.69, 9.17) is 5.84 Å². The molecule has 5 nitrogen and oxygen atoms in total. The number of piperazine rings is 1. The molecule has 1 heterocycles. The lowest BCUT2D eigenvalue weighted by Crippen LogP contribution is -2.45. The number of nitroso groups, excluding NO2 is 1. The maximum absolute atomic E-state index is 11.2. The van der Waals surface area contributed by atoms with Crippen LogP contribution < -0.4 is 10.7 Å². The molecule has 1 fully saturated rings. The molecule has 0 aliphatic carbocycles. The largest absolute Gasteiger partial charge is 0.369 e. The predicted octanol–water partition coefficient (Wildman–Crippen LogP) is 2.29. The van der Waals surface area contributed by atoms with Crippen LogP contribution in [0.3, 0.4) is 0 Å². The first-order valence-electron chi connectivity index (χ1n) is 7.55. The molecule has 1 saturated heterocycles. The van der Waals surface area contributed by atoms with Gasteiger partial charge in [0.2, 0.25) is 0 Å². The first-order chi connectivity index (χ1) is 10.7. The van der Waals surface area contributed by atoms with Gasteiger partial charge in [0.1, 0.15) is 0 Å². The molecular formula is C17H21N4O+. The summed E-state index contributed by atoms with van der Waals surface area (Å²) in [5.74, 6) is 5.26. The van der Waals surface area contributed by atoms with Crippen molar-refractivity contribution < 1.29 is 4.87 Å². The van der Waals surface area contributed by atoms with Crippen LogP contribution in [0.25, 0.3) is 0 Å². The van der Waals surface area contributed by atoms with Crippen LogP contribution in [0, 0.1) is 4.91 Å². The van der Waals surface area contributed by atoms with Gasteiger partial charge >= 0.3 is 0 Å². The van der Waals surface area contributed by atoms with Crippen molar-refractivity contribution in [3.8, 4) is 0 Å². The number of hydrogen-bond acceptors (Lipinski definition) is 3. The zero-order valence-corrected chi connectivity index (χ0v) is 12.6. The third kappa shape index (κ3) is 3.43. The molecule has 5 heteroatoms. The van der Waals surface area contributed by atoms with Crippen LogP contribution in [-0.4, -0.2) is 35.9 Å². The Hall–Kier alpha value is -2.40. The van der Waals surface area contributed by atoms with Gasteiger partial charge in [-0.05, 0) is 17.7 Å². The molecule has 1 aliphatic heterocycles. The second kappa shape index (κ2) is 6.58. The van der Waals surface area contributed by atoms with E-state index in [1.807, 2.05) is 24.3 Å². The lowest BCUT2D eigenvalue weighted by Gasteiger charge is -2.36. The fraction of sp³-hybridized carbons (Fsp3) is 0.294. The van der Waals surface area contributed by atoms with Gasteiger partial charge in [-0.25, -0.2) is 0 Å². The SMILES string of the molecule is N[N+](=O)c1cccc(CN2CCN(c3ccccc3)CC2)c1. The fourth-order valence-electron chi connectivity index (χ4n) is 2.85. The van der Waals surface area contributed by atoms with Crippen molar-refractivity contribution in [3.63, 3.8) is 0 Å². The van der Waals surface area contributed by atoms with Crippen LogP contribution in [0.4, 0.5) is 11.4 Å². The molecule has 22 heavy (non-hydrogen) atoms. The van der Waals surface area contributed by atoms with E-state index in [0.29, 0.717) is 10.6 Å². The third-order valence-electron chi connectivity index (χ3n) is 4.06. The number of nitrogens with zero attached hydrogens (tertiary/aromatic N) is 3. The molecule has 0 saturated carbocycles. The Morgan fingerprint density at radius 1 is 0.955 bits per heavy atom. The Morgan fingerprint density at radius 3 is 2.36 bits per heavy atom. The summed E-state index contributed by atoms with van der Waals surface area (Å²) in [6.07, 6.45) is 0. The van der Waals surface area contributed by atoms with Crippen molar-refractivity contribution in [1.29, 1.82) is 0 Å². The molecule has 0 aromatic heterocycles. The average Bonchev–Trinajstić information content (AvgIpc) is 2.56. The molecule has 114 valence electrons. The second-order valence-electron chi connectivity index (χ2n) is 5.59. The van der Waals surface area contributed by atoms with Crippen LogP contribution in [0.2, 0.25) is 0 Å². The molecule has 3 rings (SSSR count). The molecule has 2 aromatic rings. The van der Waals surface area contributed by atoms with E-state index in [2.05, 4.69) is 34.1 Å². The number of anilines is 1. The maximum Gasteiger partial charge on any atom is 0.291 e. The Morgan fingerprint density at radius 2 is 1.68 bits per heavy atom. The van der Waals surface area contributed by atoms with Gasteiger partial charge in [-0.3, -0.25) is 4.90 Å². The van der Waals surface area contributed by atoms with E-state index in [1.54, 1.807) is 6.07 Å². The number of hydrogen-bond donors (Lipinski definition) is 1. The van der Waals surface area contributed by atoms with Gasteiger partial charge in [-0.15, -0.1) is 0 Å². The van der Waals surface area contributed by atoms with E-state index < -0.39 is 0 Å². The lowest BCUT2D eigenvalue weighted by atomic mass is 10.1. The number of hydrazine groups is 1. The van der Waals surface area contributed by atoms with E-state index in [1.165, 1.54) is 5.69 Å². The first-order valence-corrected chi connectivity index (χ1v) is 7.55. The molecule has 2 N–H and O–H groups in total. The minimum Gasteiger partial charge on any atom is -0.369 e. The quantitative estimate of drug-likeness (QED) is 0.534. The van der Waals surface area contributed by atoms with Crippen LogP contribution in [0.15, 0.2) is 54.6 Å². The van der Waals surface area contributed by atoms with Gasteiger partial charge in [-0.1, -0.05) is 30.3 Å². The number of para-hydroxylation sites is 1. The molecule has 0 unspecified atom stereocenters. The highest BCUT2D eigenvalue weighted by molar-refractivity contribution is 5.46. The summed E-state index contributed by atoms with van der Waals surface area (Å²) in [5.41, 5.74) is 2.91. The van der Waals surface area contributed by atoms with Crippen LogP contribution in [0.5, 0.6) is 0 Å². The van der Waals surface area contributed by atoms with E-state index in [-0.39, 0.29) is 0 Å². The number of rotatable bonds is 4. The number of benzene rings is 2. The van der Waals surface area contributed by atoms with Crippen molar-refractivity contribution in [3.05, 3.63) is 65.1 Å². The fourth-order valence-corrected chi connectivity index (χ4v) is 2.85. The third-order valence-corrected chi connectivity index (χ3v) is 4.06. The topological polar surface area (TPSA) is 52.6 Å². The minimum atomic E-state index is 0.414. The zero-order valence-electron chi connectivity index (χ0n) is 12.6. The average molecular weight is 297 g/mol. The van der Waals surface area contributed by atoms with Gasteiger partial charge in [0.15, 0.2) is 4.87 Å². The Balaban J connectivity index is 1.58. The van der Waals surface area contributed by atoms with Crippen molar-refractivity contribution in [1.82, 2.24) is 4.90 Å². The summed E-state index contributed by atoms with van der Waals surface area (Å²) in [7, 11) is 0. The molecule has 0 amide bonds. The highest BCUT2D eigenvalue weighted by Crippen LogP contribution is 2.18. The first kappa shape index (κ1) is 14.5. The van der Waals surface area contributed by atoms with Gasteiger partial charge in [0, 0.05) is 50.5 Å². The van der Waals surface area contributed by atoms with Crippen molar-refractivity contribution in [2.45, 2.75) is 6.54 Å². The molecule has 2 aromatic carbocycles. The summed E-state index contributed by atoms with van der Waals surface area (Å²) in [4.78, 5) is 16.4. The molecule has 0 radical (unpaired) electrons. The van der Waals surface area contributed by atoms with Crippen LogP contribution in [0.1, 0.15) is 5.56 Å². The maximum atomic E-state index is 11.2. The predicted molar refractivity (Wildman–Crippen MR) is 87.8 cm³/mol. The van der Waals surface area contributed by atoms with Crippen LogP contribution >= 0.6 is 0 Å². The lowest BCUT2D eigenvalue weighted by molar-refractivity contribution is -0.474. The van der Waals surface area contributed by atoms with Crippen LogP contribution in [-0.2, 0) is 6.54 Å². The Bertz CT molecular complexity index is 636. The molecule has 0 bridgehead atoms. The molecule has 0 atom stereocenters. The summed E-state index contributed by atoms with van der Waals surface area (Å²) >= 11 is 0. The summed E-state index contributed by atoms with van der Waals surface area (Å²) in [6, 6.07) is 18.0. The highest BCUT2D eigenvalue weighted by Gasteiger charge is 2.18. The number of nitrogens with two attached hydrogens (primary N) is 1. The Labute approximate surface area is 130 Å². The van der Waals surface area contributed by atoms with Crippen molar-refractivity contribution >= 4 is 11.4 Å². The van der Waals surface area contributed by atoms with E-state index in [9.17, 15) is 4.91 Å². The Kier molecular flexibility index (Phi) is 4.34. The molecule has 1 aliphatic rings. The molecular weight excluding hydrogens is 276 g/mol. The standard InChI is InChI=1S/C17H21N4O/c18-21(22)17-8-4-5-15(13-17)14-19-9-11-20(12-10-19)16-6-2-1-3-7-16/h1-8,13H,9-12,14H2,(H2,18,22)/q+1. The van der Waals surface area contributed by atoms with Gasteiger partial charge in [-0.2, -0.15) is 5.84 Å². The second-order valence-corrected chi connectivity index (χ2v) is 5.59. The highest BCUT2D eigenvalue weighted by atomic mass is 16.3. The van der Waals surface area contributed by atoms with Gasteiger partial charge in [0.05, 0.1) is 4.91 Å². The molecule has 0 spiro atoms. The summed E-state index contributed by atoms with van der Waals surface area (Å²) in [6.45, 7) is 4.93. The van der Waals surface area contributed by atoms with Gasteiger partial charge < -0.3 is 4.90 Å². The van der Waals surface area contributed by atoms with E-state index >= 15 is 0 Å². The summed E-state index contributed by atoms with van der Waals surface area (Å²) in [5, 5.41) is 0. The normalized spacial score (nSPS) is 15.7. The smallest absolute Gasteiger partial charge is 0.291 e. The summed E-state index contributed by atoms with van der Waals surface area (Å²) < 4.78 is 0. The van der Waals surface area contributed by atoms with Gasteiger partial charge in [0.25, 0.3) is 5.69 Å². The zero-order chi connectivity index (χ0) is 15.4. The van der Waals surface area contributed by atoms with Crippen molar-refractivity contribution in [2.24, 2.45) is 5.84 Å². The minimum absolute atomic E-state index is 0.414. The van der Waals surface area contributed by atoms with E-state index in [0.717, 1.165) is 38.3 Å². The monoisotopic (exact) mass is 297 g/mol. The van der Waals surface area contributed by atoms with Crippen molar-refractivity contribution in [2.75, 3.05) is 31.1 Å².